The molecule has 0 spiro atoms. The summed E-state index contributed by atoms with van der Waals surface area (Å²) < 4.78 is 4.85. The molecule has 0 aromatic rings. The average Bonchev–Trinajstić information content (AvgIpc) is 2.36. The van der Waals surface area contributed by atoms with Gasteiger partial charge in [-0.1, -0.05) is 0 Å². The zero-order chi connectivity index (χ0) is 8.97. The molecule has 1 heterocycles. The van der Waals surface area contributed by atoms with Crippen molar-refractivity contribution in [1.82, 2.24) is 5.32 Å². The molecule has 0 amide bonds. The molecule has 4 heteroatoms. The maximum atomic E-state index is 11.0. The Kier molecular flexibility index (Phi) is 3.88. The lowest BCUT2D eigenvalue weighted by atomic mass is 10.3. The summed E-state index contributed by atoms with van der Waals surface area (Å²) in [6.45, 7) is 4.43. The third kappa shape index (κ3) is 3.03. The number of carbonyl (C=O) groups is 1. The molecule has 0 saturated carbocycles. The van der Waals surface area contributed by atoms with Gasteiger partial charge in [-0.3, -0.25) is 4.79 Å². The predicted molar refractivity (Wildman–Crippen MR) is 50.1 cm³/mol. The average molecular weight is 189 g/mol. The van der Waals surface area contributed by atoms with Crippen molar-refractivity contribution in [2.24, 2.45) is 0 Å². The van der Waals surface area contributed by atoms with E-state index in [1.165, 1.54) is 0 Å². The largest absolute Gasteiger partial charge is 0.466 e. The van der Waals surface area contributed by atoms with Crippen molar-refractivity contribution in [2.75, 3.05) is 12.4 Å². The standard InChI is InChI=1S/C8H15NO2S/c1-3-11-8(10)4-7-9-6(2)5-12-7/h6-7,9H,3-5H2,1-2H3. The Bertz CT molecular complexity index is 163. The topological polar surface area (TPSA) is 38.3 Å². The lowest BCUT2D eigenvalue weighted by molar-refractivity contribution is -0.143. The van der Waals surface area contributed by atoms with Crippen LogP contribution in [0.15, 0.2) is 0 Å². The SMILES string of the molecule is CCOC(=O)CC1NC(C)CS1. The van der Waals surface area contributed by atoms with Crippen LogP contribution >= 0.6 is 11.8 Å². The van der Waals surface area contributed by atoms with Crippen LogP contribution in [-0.4, -0.2) is 29.7 Å². The zero-order valence-electron chi connectivity index (χ0n) is 7.50. The maximum absolute atomic E-state index is 11.0. The van der Waals surface area contributed by atoms with Crippen molar-refractivity contribution in [1.29, 1.82) is 0 Å². The Labute approximate surface area is 77.2 Å². The van der Waals surface area contributed by atoms with Crippen LogP contribution in [0.5, 0.6) is 0 Å². The van der Waals surface area contributed by atoms with Crippen molar-refractivity contribution in [2.45, 2.75) is 31.7 Å². The highest BCUT2D eigenvalue weighted by molar-refractivity contribution is 8.00. The molecule has 2 atom stereocenters. The van der Waals surface area contributed by atoms with Gasteiger partial charge in [0.2, 0.25) is 0 Å². The Morgan fingerprint density at radius 2 is 2.50 bits per heavy atom. The molecule has 12 heavy (non-hydrogen) atoms. The highest BCUT2D eigenvalue weighted by atomic mass is 32.2. The first-order valence-electron chi connectivity index (χ1n) is 4.25. The minimum Gasteiger partial charge on any atom is -0.466 e. The van der Waals surface area contributed by atoms with Crippen LogP contribution < -0.4 is 5.32 Å². The van der Waals surface area contributed by atoms with E-state index in [-0.39, 0.29) is 11.3 Å². The van der Waals surface area contributed by atoms with E-state index in [2.05, 4.69) is 12.2 Å². The summed E-state index contributed by atoms with van der Waals surface area (Å²) in [6.07, 6.45) is 0.489. The quantitative estimate of drug-likeness (QED) is 0.672. The summed E-state index contributed by atoms with van der Waals surface area (Å²) in [7, 11) is 0. The third-order valence-corrected chi connectivity index (χ3v) is 3.07. The second-order valence-corrected chi connectivity index (χ2v) is 4.13. The van der Waals surface area contributed by atoms with E-state index in [1.807, 2.05) is 6.92 Å². The molecule has 1 aliphatic rings. The molecule has 1 aliphatic heterocycles. The van der Waals surface area contributed by atoms with Gasteiger partial charge >= 0.3 is 5.97 Å². The van der Waals surface area contributed by atoms with Crippen molar-refractivity contribution in [3.63, 3.8) is 0 Å². The monoisotopic (exact) mass is 189 g/mol. The smallest absolute Gasteiger partial charge is 0.308 e. The number of hydrogen-bond acceptors (Lipinski definition) is 4. The predicted octanol–water partition coefficient (Wildman–Crippen LogP) is 0.991. The van der Waals surface area contributed by atoms with Crippen molar-refractivity contribution in [3.8, 4) is 0 Å². The molecule has 1 saturated heterocycles. The number of hydrogen-bond donors (Lipinski definition) is 1. The van der Waals surface area contributed by atoms with Crippen LogP contribution in [0.4, 0.5) is 0 Å². The van der Waals surface area contributed by atoms with Crippen molar-refractivity contribution >= 4 is 17.7 Å². The minimum atomic E-state index is -0.100. The van der Waals surface area contributed by atoms with E-state index >= 15 is 0 Å². The Morgan fingerprint density at radius 3 is 3.00 bits per heavy atom. The lowest BCUT2D eigenvalue weighted by Crippen LogP contribution is -2.29. The number of ether oxygens (including phenoxy) is 1. The van der Waals surface area contributed by atoms with Gasteiger partial charge < -0.3 is 10.1 Å². The molecular formula is C8H15NO2S. The van der Waals surface area contributed by atoms with Gasteiger partial charge in [-0.05, 0) is 13.8 Å². The van der Waals surface area contributed by atoms with Gasteiger partial charge in [0.25, 0.3) is 0 Å². The number of carbonyl (C=O) groups excluding carboxylic acids is 1. The molecule has 70 valence electrons. The first-order chi connectivity index (χ1) is 5.72. The van der Waals surface area contributed by atoms with E-state index in [1.54, 1.807) is 11.8 Å². The summed E-state index contributed by atoms with van der Waals surface area (Å²) in [5.41, 5.74) is 0. The highest BCUT2D eigenvalue weighted by Crippen LogP contribution is 2.21. The number of thioether (sulfide) groups is 1. The summed E-state index contributed by atoms with van der Waals surface area (Å²) in [4.78, 5) is 11.0. The van der Waals surface area contributed by atoms with Gasteiger partial charge in [0.15, 0.2) is 0 Å². The highest BCUT2D eigenvalue weighted by Gasteiger charge is 2.23. The summed E-state index contributed by atoms with van der Waals surface area (Å²) in [5, 5.41) is 3.57. The van der Waals surface area contributed by atoms with Crippen LogP contribution in [0.1, 0.15) is 20.3 Å². The second kappa shape index (κ2) is 4.72. The Hall–Kier alpha value is -0.220. The van der Waals surface area contributed by atoms with Gasteiger partial charge in [0, 0.05) is 11.8 Å². The molecule has 0 aromatic heterocycles. The zero-order valence-corrected chi connectivity index (χ0v) is 8.32. The van der Waals surface area contributed by atoms with Crippen LogP contribution in [0.3, 0.4) is 0 Å². The number of nitrogens with one attached hydrogen (secondary N) is 1. The fraction of sp³-hybridized carbons (Fsp3) is 0.875. The fourth-order valence-electron chi connectivity index (χ4n) is 1.16. The molecule has 1 N–H and O–H groups in total. The van der Waals surface area contributed by atoms with Crippen molar-refractivity contribution in [3.05, 3.63) is 0 Å². The Balaban J connectivity index is 2.18. The molecule has 0 aliphatic carbocycles. The van der Waals surface area contributed by atoms with Crippen molar-refractivity contribution < 1.29 is 9.53 Å². The first kappa shape index (κ1) is 9.86. The van der Waals surface area contributed by atoms with Crippen LogP contribution in [0, 0.1) is 0 Å². The molecule has 0 aromatic carbocycles. The number of rotatable bonds is 3. The van der Waals surface area contributed by atoms with E-state index in [0.717, 1.165) is 5.75 Å². The van der Waals surface area contributed by atoms with Crippen LogP contribution in [0.2, 0.25) is 0 Å². The van der Waals surface area contributed by atoms with Gasteiger partial charge in [0.05, 0.1) is 18.4 Å². The third-order valence-electron chi connectivity index (χ3n) is 1.68. The molecule has 3 nitrogen and oxygen atoms in total. The van der Waals surface area contributed by atoms with Gasteiger partial charge in [-0.2, -0.15) is 0 Å². The van der Waals surface area contributed by atoms with Gasteiger partial charge in [-0.25, -0.2) is 0 Å². The normalized spacial score (nSPS) is 28.8. The molecule has 1 fully saturated rings. The van der Waals surface area contributed by atoms with Gasteiger partial charge in [-0.15, -0.1) is 11.8 Å². The summed E-state index contributed by atoms with van der Waals surface area (Å²) in [5.74, 6) is 0.987. The summed E-state index contributed by atoms with van der Waals surface area (Å²) in [6, 6.07) is 0.523. The molecule has 0 radical (unpaired) electrons. The Morgan fingerprint density at radius 1 is 1.75 bits per heavy atom. The fourth-order valence-corrected chi connectivity index (χ4v) is 2.36. The first-order valence-corrected chi connectivity index (χ1v) is 5.30. The minimum absolute atomic E-state index is 0.100. The van der Waals surface area contributed by atoms with E-state index in [9.17, 15) is 4.79 Å². The van der Waals surface area contributed by atoms with E-state index in [0.29, 0.717) is 19.1 Å². The molecular weight excluding hydrogens is 174 g/mol. The molecule has 1 rings (SSSR count). The van der Waals surface area contributed by atoms with Gasteiger partial charge in [0.1, 0.15) is 0 Å². The second-order valence-electron chi connectivity index (χ2n) is 2.90. The molecule has 2 unspecified atom stereocenters. The van der Waals surface area contributed by atoms with E-state index < -0.39 is 0 Å². The number of esters is 1. The van der Waals surface area contributed by atoms with Crippen LogP contribution in [0.25, 0.3) is 0 Å². The van der Waals surface area contributed by atoms with Crippen LogP contribution in [-0.2, 0) is 9.53 Å². The lowest BCUT2D eigenvalue weighted by Gasteiger charge is -2.09. The van der Waals surface area contributed by atoms with E-state index in [4.69, 9.17) is 4.74 Å². The molecule has 0 bridgehead atoms. The maximum Gasteiger partial charge on any atom is 0.308 e. The summed E-state index contributed by atoms with van der Waals surface area (Å²) >= 11 is 1.79.